The first-order valence-electron chi connectivity index (χ1n) is 6.62. The molecule has 4 nitrogen and oxygen atoms in total. The van der Waals surface area contributed by atoms with Gasteiger partial charge in [0, 0.05) is 6.54 Å². The van der Waals surface area contributed by atoms with Gasteiger partial charge in [-0.1, -0.05) is 6.07 Å². The molecule has 4 N–H and O–H groups in total. The summed E-state index contributed by atoms with van der Waals surface area (Å²) in [4.78, 5) is 2.39. The Hall–Kier alpha value is -1.26. The molecule has 0 atom stereocenters. The lowest BCUT2D eigenvalue weighted by Gasteiger charge is -2.31. The molecule has 18 heavy (non-hydrogen) atoms. The second kappa shape index (κ2) is 6.07. The molecule has 1 aromatic rings. The van der Waals surface area contributed by atoms with E-state index >= 15 is 0 Å². The number of rotatable bonds is 4. The van der Waals surface area contributed by atoms with Gasteiger partial charge >= 0.3 is 0 Å². The van der Waals surface area contributed by atoms with Crippen LogP contribution < -0.4 is 5.73 Å². The Morgan fingerprint density at radius 3 is 2.50 bits per heavy atom. The van der Waals surface area contributed by atoms with Gasteiger partial charge in [-0.25, -0.2) is 0 Å². The molecule has 1 heterocycles. The molecule has 4 heteroatoms. The lowest BCUT2D eigenvalue weighted by atomic mass is 9.93. The van der Waals surface area contributed by atoms with Crippen molar-refractivity contribution in [3.8, 4) is 11.5 Å². The maximum atomic E-state index is 9.46. The number of nitrogens with zero attached hydrogens (tertiary/aromatic N) is 1. The highest BCUT2D eigenvalue weighted by Crippen LogP contribution is 2.27. The Kier molecular flexibility index (Phi) is 4.44. The topological polar surface area (TPSA) is 69.7 Å². The fourth-order valence-corrected chi connectivity index (χ4v) is 2.59. The minimum absolute atomic E-state index is 0.0366. The Balaban J connectivity index is 1.85. The molecule has 100 valence electrons. The summed E-state index contributed by atoms with van der Waals surface area (Å²) in [5.74, 6) is 0.686. The van der Waals surface area contributed by atoms with Crippen LogP contribution in [0, 0.1) is 5.92 Å². The zero-order valence-corrected chi connectivity index (χ0v) is 10.7. The monoisotopic (exact) mass is 250 g/mol. The second-order valence-corrected chi connectivity index (χ2v) is 5.12. The van der Waals surface area contributed by atoms with Crippen LogP contribution in [0.3, 0.4) is 0 Å². The standard InChI is InChI=1S/C14H22N2O2/c15-6-3-11-4-7-16(8-5-11)10-12-1-2-13(17)14(18)9-12/h1-2,9,11,17-18H,3-8,10,15H2. The second-order valence-electron chi connectivity index (χ2n) is 5.12. The van der Waals surface area contributed by atoms with Crippen LogP contribution in [0.5, 0.6) is 11.5 Å². The molecule has 0 saturated carbocycles. The van der Waals surface area contributed by atoms with E-state index in [1.165, 1.54) is 12.8 Å². The average molecular weight is 250 g/mol. The first-order valence-corrected chi connectivity index (χ1v) is 6.62. The third-order valence-electron chi connectivity index (χ3n) is 3.73. The molecule has 0 bridgehead atoms. The van der Waals surface area contributed by atoms with E-state index in [-0.39, 0.29) is 11.5 Å². The minimum atomic E-state index is -0.0552. The van der Waals surface area contributed by atoms with Gasteiger partial charge in [-0.2, -0.15) is 0 Å². The fourth-order valence-electron chi connectivity index (χ4n) is 2.59. The van der Waals surface area contributed by atoms with Crippen molar-refractivity contribution < 1.29 is 10.2 Å². The van der Waals surface area contributed by atoms with Crippen molar-refractivity contribution in [2.45, 2.75) is 25.8 Å². The van der Waals surface area contributed by atoms with Crippen molar-refractivity contribution in [3.63, 3.8) is 0 Å². The van der Waals surface area contributed by atoms with Gasteiger partial charge in [0.25, 0.3) is 0 Å². The van der Waals surface area contributed by atoms with Crippen LogP contribution in [-0.2, 0) is 6.54 Å². The van der Waals surface area contributed by atoms with Crippen molar-refractivity contribution in [1.82, 2.24) is 4.90 Å². The summed E-state index contributed by atoms with van der Waals surface area (Å²) in [6, 6.07) is 5.05. The number of nitrogens with two attached hydrogens (primary N) is 1. The van der Waals surface area contributed by atoms with E-state index in [9.17, 15) is 10.2 Å². The summed E-state index contributed by atoms with van der Waals surface area (Å²) >= 11 is 0. The molecular formula is C14H22N2O2. The molecule has 1 aromatic carbocycles. The van der Waals surface area contributed by atoms with Crippen LogP contribution in [0.2, 0.25) is 0 Å². The van der Waals surface area contributed by atoms with E-state index in [1.807, 2.05) is 6.07 Å². The summed E-state index contributed by atoms with van der Waals surface area (Å²) in [6.07, 6.45) is 3.55. The van der Waals surface area contributed by atoms with Gasteiger partial charge in [-0.05, 0) is 62.5 Å². The van der Waals surface area contributed by atoms with E-state index < -0.39 is 0 Å². The van der Waals surface area contributed by atoms with Gasteiger partial charge in [-0.15, -0.1) is 0 Å². The van der Waals surface area contributed by atoms with E-state index in [0.717, 1.165) is 44.1 Å². The highest BCUT2D eigenvalue weighted by atomic mass is 16.3. The van der Waals surface area contributed by atoms with Crippen LogP contribution in [0.15, 0.2) is 18.2 Å². The van der Waals surface area contributed by atoms with E-state index in [0.29, 0.717) is 0 Å². The van der Waals surface area contributed by atoms with Gasteiger partial charge in [0.2, 0.25) is 0 Å². The zero-order valence-electron chi connectivity index (χ0n) is 10.7. The van der Waals surface area contributed by atoms with E-state index in [1.54, 1.807) is 12.1 Å². The van der Waals surface area contributed by atoms with Gasteiger partial charge < -0.3 is 15.9 Å². The maximum Gasteiger partial charge on any atom is 0.157 e. The Morgan fingerprint density at radius 2 is 1.89 bits per heavy atom. The molecule has 0 aromatic heterocycles. The van der Waals surface area contributed by atoms with E-state index in [4.69, 9.17) is 5.73 Å². The number of aromatic hydroxyl groups is 2. The summed E-state index contributed by atoms with van der Waals surface area (Å²) in [6.45, 7) is 3.80. The van der Waals surface area contributed by atoms with Gasteiger partial charge in [0.15, 0.2) is 11.5 Å². The van der Waals surface area contributed by atoms with Crippen molar-refractivity contribution in [1.29, 1.82) is 0 Å². The molecule has 0 amide bonds. The van der Waals surface area contributed by atoms with Crippen LogP contribution >= 0.6 is 0 Å². The summed E-state index contributed by atoms with van der Waals surface area (Å²) < 4.78 is 0. The summed E-state index contributed by atoms with van der Waals surface area (Å²) in [7, 11) is 0. The molecule has 2 rings (SSSR count). The molecule has 0 aliphatic carbocycles. The zero-order chi connectivity index (χ0) is 13.0. The van der Waals surface area contributed by atoms with E-state index in [2.05, 4.69) is 4.90 Å². The molecule has 0 unspecified atom stereocenters. The predicted octanol–water partition coefficient (Wildman–Crippen LogP) is 1.66. The predicted molar refractivity (Wildman–Crippen MR) is 71.4 cm³/mol. The van der Waals surface area contributed by atoms with Crippen LogP contribution in [0.1, 0.15) is 24.8 Å². The van der Waals surface area contributed by atoms with Gasteiger partial charge in [-0.3, -0.25) is 4.90 Å². The lowest BCUT2D eigenvalue weighted by Crippen LogP contribution is -2.33. The normalized spacial score (nSPS) is 18.1. The number of hydrogen-bond acceptors (Lipinski definition) is 4. The molecule has 1 fully saturated rings. The average Bonchev–Trinajstić information content (AvgIpc) is 2.37. The van der Waals surface area contributed by atoms with Crippen molar-refractivity contribution in [3.05, 3.63) is 23.8 Å². The molecule has 0 radical (unpaired) electrons. The Labute approximate surface area is 108 Å². The molecule has 1 aliphatic heterocycles. The number of hydrogen-bond donors (Lipinski definition) is 3. The quantitative estimate of drug-likeness (QED) is 0.711. The van der Waals surface area contributed by atoms with Gasteiger partial charge in [0.1, 0.15) is 0 Å². The Bertz CT molecular complexity index is 387. The molecule has 1 aliphatic rings. The lowest BCUT2D eigenvalue weighted by molar-refractivity contribution is 0.173. The Morgan fingerprint density at radius 1 is 1.17 bits per heavy atom. The first-order chi connectivity index (χ1) is 8.69. The summed E-state index contributed by atoms with van der Waals surface area (Å²) in [5, 5.41) is 18.7. The third kappa shape index (κ3) is 3.37. The summed E-state index contributed by atoms with van der Waals surface area (Å²) in [5.41, 5.74) is 6.63. The van der Waals surface area contributed by atoms with Crippen LogP contribution in [0.4, 0.5) is 0 Å². The highest BCUT2D eigenvalue weighted by molar-refractivity contribution is 5.40. The third-order valence-corrected chi connectivity index (χ3v) is 3.73. The molecule has 1 saturated heterocycles. The minimum Gasteiger partial charge on any atom is -0.504 e. The largest absolute Gasteiger partial charge is 0.504 e. The smallest absolute Gasteiger partial charge is 0.157 e. The van der Waals surface area contributed by atoms with Crippen LogP contribution in [-0.4, -0.2) is 34.7 Å². The maximum absolute atomic E-state index is 9.46. The fraction of sp³-hybridized carbons (Fsp3) is 0.571. The number of benzene rings is 1. The number of phenols is 2. The highest BCUT2D eigenvalue weighted by Gasteiger charge is 2.18. The SMILES string of the molecule is NCCC1CCN(Cc2ccc(O)c(O)c2)CC1. The number of phenolic OH excluding ortho intramolecular Hbond substituents is 2. The number of piperidine rings is 1. The first kappa shape index (κ1) is 13.2. The number of likely N-dealkylation sites (tertiary alicyclic amines) is 1. The van der Waals surface area contributed by atoms with Crippen molar-refractivity contribution in [2.24, 2.45) is 11.7 Å². The van der Waals surface area contributed by atoms with Crippen LogP contribution in [0.25, 0.3) is 0 Å². The van der Waals surface area contributed by atoms with Gasteiger partial charge in [0.05, 0.1) is 0 Å². The van der Waals surface area contributed by atoms with Crippen molar-refractivity contribution in [2.75, 3.05) is 19.6 Å². The van der Waals surface area contributed by atoms with Crippen molar-refractivity contribution >= 4 is 0 Å². The molecule has 0 spiro atoms. The molecular weight excluding hydrogens is 228 g/mol.